The Morgan fingerprint density at radius 3 is 2.61 bits per heavy atom. The maximum absolute atomic E-state index is 13.4. The van der Waals surface area contributed by atoms with Crippen molar-refractivity contribution in [2.45, 2.75) is 59.0 Å². The predicted molar refractivity (Wildman–Crippen MR) is 121 cm³/mol. The molecule has 11 heteroatoms. The van der Waals surface area contributed by atoms with Crippen LogP contribution in [0.2, 0.25) is 0 Å². The van der Waals surface area contributed by atoms with Crippen molar-refractivity contribution in [1.82, 2.24) is 30.2 Å². The first kappa shape index (κ1) is 24.8. The zero-order valence-electron chi connectivity index (χ0n) is 19.9. The van der Waals surface area contributed by atoms with Gasteiger partial charge in [-0.2, -0.15) is 10.2 Å². The summed E-state index contributed by atoms with van der Waals surface area (Å²) in [6, 6.07) is 1.40. The van der Waals surface area contributed by atoms with Gasteiger partial charge in [-0.05, 0) is 25.8 Å². The van der Waals surface area contributed by atoms with Crippen molar-refractivity contribution in [3.05, 3.63) is 28.6 Å². The summed E-state index contributed by atoms with van der Waals surface area (Å²) < 4.78 is 34.3. The number of halogens is 2. The molecule has 182 valence electrons. The van der Waals surface area contributed by atoms with Gasteiger partial charge in [0, 0.05) is 57.1 Å². The molecule has 0 aliphatic carbocycles. The van der Waals surface area contributed by atoms with Crippen LogP contribution in [0.4, 0.5) is 25.2 Å². The summed E-state index contributed by atoms with van der Waals surface area (Å²) >= 11 is 0. The third-order valence-electron chi connectivity index (χ3n) is 6.00. The van der Waals surface area contributed by atoms with Crippen LogP contribution < -0.4 is 10.2 Å². The highest BCUT2D eigenvalue weighted by Gasteiger charge is 2.32. The van der Waals surface area contributed by atoms with E-state index >= 15 is 0 Å². The highest BCUT2D eigenvalue weighted by molar-refractivity contribution is 5.75. The maximum Gasteiger partial charge on any atom is 0.317 e. The summed E-state index contributed by atoms with van der Waals surface area (Å²) in [5, 5.41) is 15.6. The summed E-state index contributed by atoms with van der Waals surface area (Å²) in [7, 11) is 3.34. The Bertz CT molecular complexity index is 960. The Hall–Kier alpha value is -2.82. The van der Waals surface area contributed by atoms with E-state index in [0.29, 0.717) is 38.5 Å². The first-order valence-corrected chi connectivity index (χ1v) is 11.4. The molecule has 0 aromatic carbocycles. The number of carbonyl (C=O) groups excluding carboxylic acids is 1. The molecule has 1 saturated heterocycles. The number of aryl methyl sites for hydroxylation is 1. The van der Waals surface area contributed by atoms with Crippen molar-refractivity contribution in [2.75, 3.05) is 38.8 Å². The third-order valence-corrected chi connectivity index (χ3v) is 6.00. The minimum absolute atomic E-state index is 0.151. The zero-order valence-corrected chi connectivity index (χ0v) is 19.9. The molecule has 1 N–H and O–H groups in total. The van der Waals surface area contributed by atoms with Crippen LogP contribution in [0, 0.1) is 6.92 Å². The maximum atomic E-state index is 13.4. The molecule has 0 spiro atoms. The Balaban J connectivity index is 0.00000149. The summed E-state index contributed by atoms with van der Waals surface area (Å²) in [4.78, 5) is 15.6. The molecule has 2 aromatic heterocycles. The van der Waals surface area contributed by atoms with Crippen molar-refractivity contribution in [3.63, 3.8) is 0 Å². The average molecular weight is 466 g/mol. The number of urea groups is 1. The Labute approximate surface area is 193 Å². The van der Waals surface area contributed by atoms with Crippen LogP contribution >= 0.6 is 0 Å². The van der Waals surface area contributed by atoms with Gasteiger partial charge in [0.15, 0.2) is 11.6 Å². The van der Waals surface area contributed by atoms with Crippen molar-refractivity contribution < 1.29 is 18.3 Å². The quantitative estimate of drug-likeness (QED) is 0.740. The zero-order chi connectivity index (χ0) is 24.1. The lowest BCUT2D eigenvalue weighted by molar-refractivity contribution is 0.0651. The van der Waals surface area contributed by atoms with E-state index in [0.717, 1.165) is 24.1 Å². The molecular formula is C22H33F2N7O2. The molecule has 33 heavy (non-hydrogen) atoms. The van der Waals surface area contributed by atoms with Gasteiger partial charge in [0.05, 0.1) is 18.3 Å². The minimum Gasteiger partial charge on any atom is -0.381 e. The fourth-order valence-corrected chi connectivity index (χ4v) is 4.21. The van der Waals surface area contributed by atoms with Crippen molar-refractivity contribution >= 4 is 17.7 Å². The van der Waals surface area contributed by atoms with Gasteiger partial charge in [-0.15, -0.1) is 5.10 Å². The third kappa shape index (κ3) is 5.07. The number of hydrogen-bond donors (Lipinski definition) is 1. The molecule has 2 aromatic rings. The van der Waals surface area contributed by atoms with Gasteiger partial charge in [-0.3, -0.25) is 4.68 Å². The lowest BCUT2D eigenvalue weighted by Crippen LogP contribution is -2.41. The molecular weight excluding hydrogens is 432 g/mol. The first-order valence-electron chi connectivity index (χ1n) is 11.4. The number of ether oxygens (including phenoxy) is 1. The molecule has 0 unspecified atom stereocenters. The predicted octanol–water partition coefficient (Wildman–Crippen LogP) is 3.76. The molecule has 0 radical (unpaired) electrons. The van der Waals surface area contributed by atoms with E-state index in [9.17, 15) is 13.6 Å². The normalized spacial score (nSPS) is 16.2. The minimum atomic E-state index is -2.64. The van der Waals surface area contributed by atoms with Crippen molar-refractivity contribution in [2.24, 2.45) is 0 Å². The fraction of sp³-hybridized carbons (Fsp3) is 0.636. The van der Waals surface area contributed by atoms with Crippen LogP contribution in [-0.2, 0) is 17.7 Å². The molecule has 0 atom stereocenters. The van der Waals surface area contributed by atoms with Gasteiger partial charge < -0.3 is 19.9 Å². The summed E-state index contributed by atoms with van der Waals surface area (Å²) in [6.07, 6.45) is -0.254. The highest BCUT2D eigenvalue weighted by atomic mass is 19.3. The number of nitrogens with one attached hydrogen (secondary N) is 1. The average Bonchev–Trinajstić information content (AvgIpc) is 3.24. The van der Waals surface area contributed by atoms with E-state index < -0.39 is 6.43 Å². The molecule has 4 rings (SSSR count). The fourth-order valence-electron chi connectivity index (χ4n) is 4.21. The van der Waals surface area contributed by atoms with Crippen molar-refractivity contribution in [3.8, 4) is 0 Å². The number of hydrogen-bond acceptors (Lipinski definition) is 6. The second-order valence-electron chi connectivity index (χ2n) is 7.87. The van der Waals surface area contributed by atoms with Gasteiger partial charge in [-0.1, -0.05) is 13.8 Å². The number of nitrogens with zero attached hydrogens (tertiary/aromatic N) is 6. The second kappa shape index (κ2) is 10.9. The number of aromatic nitrogens is 4. The molecule has 2 aliphatic rings. The van der Waals surface area contributed by atoms with Crippen LogP contribution in [0.5, 0.6) is 0 Å². The first-order chi connectivity index (χ1) is 15.9. The lowest BCUT2D eigenvalue weighted by atomic mass is 10.0. The summed E-state index contributed by atoms with van der Waals surface area (Å²) in [6.45, 7) is 7.84. The van der Waals surface area contributed by atoms with E-state index in [2.05, 4.69) is 15.5 Å². The second-order valence-corrected chi connectivity index (χ2v) is 7.87. The smallest absolute Gasteiger partial charge is 0.317 e. The summed E-state index contributed by atoms with van der Waals surface area (Å²) in [5.74, 6) is 0.894. The van der Waals surface area contributed by atoms with E-state index in [-0.39, 0.29) is 29.1 Å². The molecule has 4 heterocycles. The monoisotopic (exact) mass is 465 g/mol. The molecule has 0 bridgehead atoms. The molecule has 1 fully saturated rings. The Morgan fingerprint density at radius 2 is 1.97 bits per heavy atom. The van der Waals surface area contributed by atoms with Gasteiger partial charge in [0.2, 0.25) is 0 Å². The molecule has 2 aliphatic heterocycles. The van der Waals surface area contributed by atoms with Gasteiger partial charge in [-0.25, -0.2) is 13.6 Å². The van der Waals surface area contributed by atoms with Crippen LogP contribution in [0.15, 0.2) is 6.07 Å². The van der Waals surface area contributed by atoms with Crippen LogP contribution in [0.25, 0.3) is 0 Å². The van der Waals surface area contributed by atoms with E-state index in [4.69, 9.17) is 9.84 Å². The molecule has 2 amide bonds. The Morgan fingerprint density at radius 1 is 1.27 bits per heavy atom. The van der Waals surface area contributed by atoms with Gasteiger partial charge in [0.1, 0.15) is 0 Å². The van der Waals surface area contributed by atoms with Crippen LogP contribution in [0.3, 0.4) is 0 Å². The number of anilines is 2. The van der Waals surface area contributed by atoms with Crippen LogP contribution in [-0.4, -0.2) is 64.8 Å². The SMILES string of the molecule is CC.CNC(=O)N1CCc2c(c(N(C)c3cc(C(F)F)c(C)nn3)nn2C2CCOCC2)C1. The number of fused-ring (bicyclic) bond motifs is 1. The highest BCUT2D eigenvalue weighted by Crippen LogP contribution is 2.36. The number of carbonyl (C=O) groups is 1. The number of amides is 2. The van der Waals surface area contributed by atoms with Crippen LogP contribution in [0.1, 0.15) is 61.7 Å². The number of alkyl halides is 2. The van der Waals surface area contributed by atoms with Gasteiger partial charge >= 0.3 is 6.03 Å². The van der Waals surface area contributed by atoms with E-state index in [1.165, 1.54) is 13.0 Å². The van der Waals surface area contributed by atoms with Gasteiger partial charge in [0.25, 0.3) is 6.43 Å². The molecule has 0 saturated carbocycles. The molecule has 9 nitrogen and oxygen atoms in total. The standard InChI is InChI=1S/C20H27F2N7O2.C2H6/c1-12-14(18(21)22)10-17(25-24-12)27(3)19-15-11-28(20(30)23-2)7-4-16(15)29(26-19)13-5-8-31-9-6-13;1-2/h10,13,18H,4-9,11H2,1-3H3,(H,23,30);1-2H3. The van der Waals surface area contributed by atoms with Crippen molar-refractivity contribution in [1.29, 1.82) is 0 Å². The summed E-state index contributed by atoms with van der Waals surface area (Å²) in [5.41, 5.74) is 2.03. The van der Waals surface area contributed by atoms with E-state index in [1.54, 1.807) is 23.9 Å². The lowest BCUT2D eigenvalue weighted by Gasteiger charge is -2.30. The largest absolute Gasteiger partial charge is 0.381 e. The van der Waals surface area contributed by atoms with E-state index in [1.807, 2.05) is 18.5 Å². The number of rotatable bonds is 4. The topological polar surface area (TPSA) is 88.4 Å². The Kier molecular flexibility index (Phi) is 8.17.